The summed E-state index contributed by atoms with van der Waals surface area (Å²) in [5.74, 6) is -0.747. The summed E-state index contributed by atoms with van der Waals surface area (Å²) in [5, 5.41) is 2.64. The number of benzene rings is 2. The minimum Gasteiger partial charge on any atom is -0.493 e. The van der Waals surface area contributed by atoms with Crippen LogP contribution in [0.15, 0.2) is 48.7 Å². The van der Waals surface area contributed by atoms with Crippen molar-refractivity contribution in [2.45, 2.75) is 0 Å². The molecule has 2 aromatic carbocycles. The van der Waals surface area contributed by atoms with E-state index >= 15 is 0 Å². The molecule has 0 aliphatic rings. The Morgan fingerprint density at radius 3 is 2.26 bits per heavy atom. The molecule has 1 N–H and O–H groups in total. The lowest BCUT2D eigenvalue weighted by molar-refractivity contribution is 0.104. The fraction of sp³-hybridized carbons (Fsp3) is 0.118. The van der Waals surface area contributed by atoms with E-state index in [4.69, 9.17) is 9.47 Å². The fourth-order valence-corrected chi connectivity index (χ4v) is 1.94. The normalized spacial score (nSPS) is 10.6. The number of anilines is 1. The summed E-state index contributed by atoms with van der Waals surface area (Å²) in [6, 6.07) is 7.77. The number of nitrogens with one attached hydrogen (secondary N) is 1. The Kier molecular flexibility index (Phi) is 5.30. The van der Waals surface area contributed by atoms with Crippen molar-refractivity contribution in [3.8, 4) is 11.5 Å². The average molecular weight is 319 g/mol. The van der Waals surface area contributed by atoms with Crippen molar-refractivity contribution < 1.29 is 23.0 Å². The third kappa shape index (κ3) is 4.29. The lowest BCUT2D eigenvalue weighted by Gasteiger charge is -2.08. The van der Waals surface area contributed by atoms with Crippen LogP contribution < -0.4 is 14.8 Å². The zero-order valence-electron chi connectivity index (χ0n) is 12.6. The molecule has 0 aliphatic heterocycles. The van der Waals surface area contributed by atoms with E-state index in [2.05, 4.69) is 5.32 Å². The number of ether oxygens (including phenoxy) is 2. The Labute approximate surface area is 132 Å². The molecule has 0 spiro atoms. The number of rotatable bonds is 6. The lowest BCUT2D eigenvalue weighted by atomic mass is 10.1. The van der Waals surface area contributed by atoms with Crippen LogP contribution in [0, 0.1) is 11.6 Å². The molecular weight excluding hydrogens is 304 g/mol. The molecule has 0 radical (unpaired) electrons. The molecule has 0 aromatic heterocycles. The second-order valence-electron chi connectivity index (χ2n) is 4.57. The van der Waals surface area contributed by atoms with Crippen molar-refractivity contribution in [1.29, 1.82) is 0 Å². The van der Waals surface area contributed by atoms with E-state index in [9.17, 15) is 13.6 Å². The van der Waals surface area contributed by atoms with Crippen LogP contribution in [0.3, 0.4) is 0 Å². The van der Waals surface area contributed by atoms with Gasteiger partial charge in [-0.05, 0) is 30.3 Å². The molecule has 2 aromatic rings. The van der Waals surface area contributed by atoms with Gasteiger partial charge < -0.3 is 14.8 Å². The maximum Gasteiger partial charge on any atom is 0.187 e. The van der Waals surface area contributed by atoms with Gasteiger partial charge in [-0.1, -0.05) is 0 Å². The van der Waals surface area contributed by atoms with Crippen LogP contribution in [-0.4, -0.2) is 20.0 Å². The van der Waals surface area contributed by atoms with E-state index in [1.807, 2.05) is 0 Å². The number of ketones is 1. The number of methoxy groups -OCH3 is 2. The summed E-state index contributed by atoms with van der Waals surface area (Å²) in [5.41, 5.74) is 0.602. The predicted molar refractivity (Wildman–Crippen MR) is 83.0 cm³/mol. The highest BCUT2D eigenvalue weighted by Crippen LogP contribution is 2.27. The maximum absolute atomic E-state index is 13.0. The molecule has 0 unspecified atom stereocenters. The Hall–Kier alpha value is -2.89. The topological polar surface area (TPSA) is 47.6 Å². The van der Waals surface area contributed by atoms with Gasteiger partial charge >= 0.3 is 0 Å². The standard InChI is InChI=1S/C17H15F2NO3/c1-22-16-4-3-11(7-17(16)23-2)15(21)5-6-20-14-9-12(18)8-13(19)10-14/h3-10,20H,1-2H3. The second kappa shape index (κ2) is 7.40. The Bertz CT molecular complexity index is 724. The molecule has 0 amide bonds. The number of carbonyl (C=O) groups is 1. The highest BCUT2D eigenvalue weighted by Gasteiger charge is 2.08. The smallest absolute Gasteiger partial charge is 0.187 e. The largest absolute Gasteiger partial charge is 0.493 e. The SMILES string of the molecule is COc1ccc(C(=O)C=CNc2cc(F)cc(F)c2)cc1OC. The lowest BCUT2D eigenvalue weighted by Crippen LogP contribution is -1.99. The van der Waals surface area contributed by atoms with Crippen molar-refractivity contribution >= 4 is 11.5 Å². The van der Waals surface area contributed by atoms with Crippen molar-refractivity contribution in [1.82, 2.24) is 0 Å². The third-order valence-electron chi connectivity index (χ3n) is 3.02. The van der Waals surface area contributed by atoms with Gasteiger partial charge in [0.05, 0.1) is 14.2 Å². The Morgan fingerprint density at radius 1 is 1.00 bits per heavy atom. The summed E-state index contributed by atoms with van der Waals surface area (Å²) in [6.45, 7) is 0. The molecular formula is C17H15F2NO3. The van der Waals surface area contributed by atoms with Gasteiger partial charge in [-0.25, -0.2) is 8.78 Å². The Balaban J connectivity index is 2.09. The molecule has 23 heavy (non-hydrogen) atoms. The van der Waals surface area contributed by atoms with E-state index in [0.29, 0.717) is 17.1 Å². The highest BCUT2D eigenvalue weighted by molar-refractivity contribution is 6.05. The van der Waals surface area contributed by atoms with Crippen LogP contribution >= 0.6 is 0 Å². The molecule has 0 bridgehead atoms. The van der Waals surface area contributed by atoms with E-state index in [1.54, 1.807) is 18.2 Å². The van der Waals surface area contributed by atoms with Crippen LogP contribution in [0.4, 0.5) is 14.5 Å². The predicted octanol–water partition coefficient (Wildman–Crippen LogP) is 3.79. The van der Waals surface area contributed by atoms with Gasteiger partial charge in [-0.3, -0.25) is 4.79 Å². The quantitative estimate of drug-likeness (QED) is 0.650. The summed E-state index contributed by atoms with van der Waals surface area (Å²) < 4.78 is 36.3. The molecule has 4 nitrogen and oxygen atoms in total. The number of hydrogen-bond acceptors (Lipinski definition) is 4. The first-order chi connectivity index (χ1) is 11.0. The minimum absolute atomic E-state index is 0.207. The van der Waals surface area contributed by atoms with E-state index in [-0.39, 0.29) is 11.5 Å². The van der Waals surface area contributed by atoms with Gasteiger partial charge in [0.2, 0.25) is 0 Å². The van der Waals surface area contributed by atoms with Gasteiger partial charge in [0.15, 0.2) is 17.3 Å². The highest BCUT2D eigenvalue weighted by atomic mass is 19.1. The van der Waals surface area contributed by atoms with Crippen molar-refractivity contribution in [3.05, 3.63) is 65.9 Å². The first-order valence-electron chi connectivity index (χ1n) is 6.69. The molecule has 0 fully saturated rings. The molecule has 120 valence electrons. The van der Waals surface area contributed by atoms with E-state index in [1.165, 1.54) is 26.5 Å². The zero-order valence-corrected chi connectivity index (χ0v) is 12.6. The maximum atomic E-state index is 13.0. The number of halogens is 2. The molecule has 0 aliphatic carbocycles. The van der Waals surface area contributed by atoms with Crippen LogP contribution in [0.25, 0.3) is 0 Å². The summed E-state index contributed by atoms with van der Waals surface area (Å²) in [4.78, 5) is 12.1. The third-order valence-corrected chi connectivity index (χ3v) is 3.02. The van der Waals surface area contributed by atoms with E-state index < -0.39 is 11.6 Å². The molecule has 2 rings (SSSR count). The van der Waals surface area contributed by atoms with Crippen LogP contribution in [-0.2, 0) is 0 Å². The van der Waals surface area contributed by atoms with Gasteiger partial charge in [0.1, 0.15) is 11.6 Å². The van der Waals surface area contributed by atoms with Gasteiger partial charge in [-0.2, -0.15) is 0 Å². The van der Waals surface area contributed by atoms with Gasteiger partial charge in [0, 0.05) is 29.6 Å². The fourth-order valence-electron chi connectivity index (χ4n) is 1.94. The summed E-state index contributed by atoms with van der Waals surface area (Å²) in [6.07, 6.45) is 2.57. The average Bonchev–Trinajstić information content (AvgIpc) is 2.53. The van der Waals surface area contributed by atoms with Gasteiger partial charge in [0.25, 0.3) is 0 Å². The number of carbonyl (C=O) groups excluding carboxylic acids is 1. The van der Waals surface area contributed by atoms with Crippen molar-refractivity contribution in [3.63, 3.8) is 0 Å². The first-order valence-corrected chi connectivity index (χ1v) is 6.69. The minimum atomic E-state index is -0.702. The number of allylic oxidation sites excluding steroid dienone is 1. The monoisotopic (exact) mass is 319 g/mol. The van der Waals surface area contributed by atoms with Crippen molar-refractivity contribution in [2.75, 3.05) is 19.5 Å². The number of hydrogen-bond donors (Lipinski definition) is 1. The van der Waals surface area contributed by atoms with Crippen molar-refractivity contribution in [2.24, 2.45) is 0 Å². The zero-order chi connectivity index (χ0) is 16.8. The molecule has 0 saturated carbocycles. The van der Waals surface area contributed by atoms with Gasteiger partial charge in [-0.15, -0.1) is 0 Å². The first kappa shape index (κ1) is 16.5. The molecule has 0 heterocycles. The Morgan fingerprint density at radius 2 is 1.65 bits per heavy atom. The van der Waals surface area contributed by atoms with Crippen LogP contribution in [0.1, 0.15) is 10.4 Å². The summed E-state index contributed by atoms with van der Waals surface area (Å²) >= 11 is 0. The summed E-state index contributed by atoms with van der Waals surface area (Å²) in [7, 11) is 2.98. The molecule has 0 atom stereocenters. The molecule has 6 heteroatoms. The molecule has 0 saturated heterocycles. The van der Waals surface area contributed by atoms with E-state index in [0.717, 1.165) is 18.2 Å². The second-order valence-corrected chi connectivity index (χ2v) is 4.57. The van der Waals surface area contributed by atoms with Crippen LogP contribution in [0.5, 0.6) is 11.5 Å². The van der Waals surface area contributed by atoms with Crippen LogP contribution in [0.2, 0.25) is 0 Å².